The molecule has 0 radical (unpaired) electrons. The number of nitrogens with one attached hydrogen (secondary N) is 2. The largest absolute Gasteiger partial charge is 0.573 e. The number of imidazole rings is 1. The number of pyridine rings is 1. The van der Waals surface area contributed by atoms with Gasteiger partial charge in [0, 0.05) is 19.4 Å². The van der Waals surface area contributed by atoms with Gasteiger partial charge in [-0.15, -0.1) is 13.2 Å². The third-order valence-electron chi connectivity index (χ3n) is 3.30. The van der Waals surface area contributed by atoms with Crippen molar-refractivity contribution >= 4 is 26.6 Å². The zero-order valence-corrected chi connectivity index (χ0v) is 13.9. The number of fused-ring (bicyclic) bond motifs is 1. The van der Waals surface area contributed by atoms with Crippen molar-refractivity contribution in [1.29, 1.82) is 0 Å². The van der Waals surface area contributed by atoms with Crippen molar-refractivity contribution in [3.63, 3.8) is 0 Å². The van der Waals surface area contributed by atoms with Crippen molar-refractivity contribution in [2.75, 3.05) is 4.72 Å². The van der Waals surface area contributed by atoms with Crippen molar-refractivity contribution in [1.82, 2.24) is 14.5 Å². The molecule has 0 bridgehead atoms. The van der Waals surface area contributed by atoms with Crippen LogP contribution in [-0.4, -0.2) is 29.3 Å². The minimum Gasteiger partial charge on any atom is -0.404 e. The first-order valence-corrected chi connectivity index (χ1v) is 8.46. The molecule has 0 amide bonds. The number of alkyl halides is 3. The summed E-state index contributed by atoms with van der Waals surface area (Å²) >= 11 is 0. The monoisotopic (exact) mass is 388 g/mol. The van der Waals surface area contributed by atoms with Gasteiger partial charge in [0.1, 0.15) is 5.69 Å². The summed E-state index contributed by atoms with van der Waals surface area (Å²) in [6, 6.07) is 3.47. The molecule has 12 heteroatoms. The van der Waals surface area contributed by atoms with Crippen LogP contribution in [0.25, 0.3) is 10.9 Å². The van der Waals surface area contributed by atoms with E-state index in [1.165, 1.54) is 29.2 Å². The topological polar surface area (TPSA) is 106 Å². The predicted octanol–water partition coefficient (Wildman–Crippen LogP) is 1.96. The summed E-state index contributed by atoms with van der Waals surface area (Å²) in [5.74, 6) is -0.605. The Bertz CT molecular complexity index is 1140. The number of aromatic amines is 1. The van der Waals surface area contributed by atoms with Crippen LogP contribution >= 0.6 is 0 Å². The highest BCUT2D eigenvalue weighted by Gasteiger charge is 2.32. The van der Waals surface area contributed by atoms with Gasteiger partial charge in [-0.05, 0) is 12.1 Å². The zero-order chi connectivity index (χ0) is 19.1. The Hall–Kier alpha value is -3.02. The van der Waals surface area contributed by atoms with Crippen LogP contribution in [0.4, 0.5) is 18.9 Å². The number of ether oxygens (including phenoxy) is 1. The van der Waals surface area contributed by atoms with Crippen molar-refractivity contribution in [3.8, 4) is 5.75 Å². The van der Waals surface area contributed by atoms with Gasteiger partial charge in [0.2, 0.25) is 5.43 Å². The fourth-order valence-corrected chi connectivity index (χ4v) is 3.27. The average Bonchev–Trinajstić information content (AvgIpc) is 2.96. The number of halogens is 3. The minimum absolute atomic E-state index is 0.173. The summed E-state index contributed by atoms with van der Waals surface area (Å²) in [6.07, 6.45) is -1.49. The van der Waals surface area contributed by atoms with Gasteiger partial charge >= 0.3 is 6.36 Å². The standard InChI is InChI=1S/C14H11F3N4O4S/c1-21-6-11(19-7-21)26(23,24)20-9-5-18-12-8(13(9)22)3-2-4-10(12)25-14(15,16)17/h2-7,20H,1H3,(H,18,22). The van der Waals surface area contributed by atoms with E-state index in [-0.39, 0.29) is 21.6 Å². The van der Waals surface area contributed by atoms with Crippen LogP contribution in [0.15, 0.2) is 46.7 Å². The molecule has 0 saturated carbocycles. The van der Waals surface area contributed by atoms with Gasteiger partial charge in [0.25, 0.3) is 10.0 Å². The fraction of sp³-hybridized carbons (Fsp3) is 0.143. The highest BCUT2D eigenvalue weighted by Crippen LogP contribution is 2.28. The van der Waals surface area contributed by atoms with Crippen LogP contribution in [0.1, 0.15) is 0 Å². The molecule has 8 nitrogen and oxygen atoms in total. The highest BCUT2D eigenvalue weighted by molar-refractivity contribution is 7.92. The summed E-state index contributed by atoms with van der Waals surface area (Å²) in [7, 11) is -2.57. The molecule has 0 saturated heterocycles. The molecule has 3 rings (SSSR count). The van der Waals surface area contributed by atoms with Gasteiger partial charge in [0.05, 0.1) is 17.2 Å². The van der Waals surface area contributed by atoms with E-state index in [0.29, 0.717) is 0 Å². The molecule has 0 unspecified atom stereocenters. The maximum absolute atomic E-state index is 12.5. The number of H-pyrrole nitrogens is 1. The van der Waals surface area contributed by atoms with Gasteiger partial charge < -0.3 is 14.3 Å². The van der Waals surface area contributed by atoms with Crippen molar-refractivity contribution in [3.05, 3.63) is 47.1 Å². The molecule has 2 aromatic heterocycles. The summed E-state index contributed by atoms with van der Waals surface area (Å²) in [4.78, 5) is 18.6. The van der Waals surface area contributed by atoms with Crippen LogP contribution in [0.5, 0.6) is 5.75 Å². The highest BCUT2D eigenvalue weighted by atomic mass is 32.2. The molecule has 1 aromatic carbocycles. The maximum atomic E-state index is 12.5. The van der Waals surface area contributed by atoms with E-state index in [1.54, 1.807) is 7.05 Å². The first-order valence-electron chi connectivity index (χ1n) is 6.98. The first kappa shape index (κ1) is 17.8. The van der Waals surface area contributed by atoms with E-state index < -0.39 is 27.6 Å². The summed E-state index contributed by atoms with van der Waals surface area (Å²) < 4.78 is 69.2. The van der Waals surface area contributed by atoms with Crippen LogP contribution in [0.3, 0.4) is 0 Å². The van der Waals surface area contributed by atoms with Crippen LogP contribution in [-0.2, 0) is 17.1 Å². The Labute approximate surface area is 144 Å². The van der Waals surface area contributed by atoms with Crippen molar-refractivity contribution in [2.45, 2.75) is 11.4 Å². The van der Waals surface area contributed by atoms with Gasteiger partial charge in [-0.2, -0.15) is 8.42 Å². The number of aryl methyl sites for hydroxylation is 1. The van der Waals surface area contributed by atoms with Gasteiger partial charge in [-0.1, -0.05) is 6.07 Å². The van der Waals surface area contributed by atoms with E-state index >= 15 is 0 Å². The number of sulfonamides is 1. The average molecular weight is 388 g/mol. The second-order valence-electron chi connectivity index (χ2n) is 5.24. The fourth-order valence-electron chi connectivity index (χ4n) is 2.23. The number of nitrogens with zero attached hydrogens (tertiary/aromatic N) is 2. The van der Waals surface area contributed by atoms with Gasteiger partial charge in [-0.3, -0.25) is 9.52 Å². The third kappa shape index (κ3) is 3.49. The van der Waals surface area contributed by atoms with Gasteiger partial charge in [0.15, 0.2) is 10.8 Å². The van der Waals surface area contributed by atoms with Crippen molar-refractivity contribution in [2.24, 2.45) is 7.05 Å². The summed E-state index contributed by atoms with van der Waals surface area (Å²) in [6.45, 7) is 0. The lowest BCUT2D eigenvalue weighted by Gasteiger charge is -2.12. The lowest BCUT2D eigenvalue weighted by molar-refractivity contribution is -0.274. The van der Waals surface area contributed by atoms with E-state index in [4.69, 9.17) is 0 Å². The molecule has 2 N–H and O–H groups in total. The molecule has 0 aliphatic heterocycles. The maximum Gasteiger partial charge on any atom is 0.573 e. The number of benzene rings is 1. The molecule has 0 aliphatic rings. The van der Waals surface area contributed by atoms with Gasteiger partial charge in [-0.25, -0.2) is 4.98 Å². The number of aromatic nitrogens is 3. The summed E-state index contributed by atoms with van der Waals surface area (Å²) in [5.41, 5.74) is -1.39. The molecule has 0 atom stereocenters. The smallest absolute Gasteiger partial charge is 0.404 e. The Morgan fingerprint density at radius 2 is 2.04 bits per heavy atom. The Morgan fingerprint density at radius 3 is 2.65 bits per heavy atom. The zero-order valence-electron chi connectivity index (χ0n) is 13.0. The van der Waals surface area contributed by atoms with Crippen LogP contribution in [0, 0.1) is 0 Å². The normalized spacial score (nSPS) is 12.3. The lowest BCUT2D eigenvalue weighted by Crippen LogP contribution is -2.20. The second-order valence-corrected chi connectivity index (χ2v) is 6.87. The van der Waals surface area contributed by atoms with E-state index in [0.717, 1.165) is 12.3 Å². The molecule has 138 valence electrons. The number of rotatable bonds is 4. The van der Waals surface area contributed by atoms with Crippen molar-refractivity contribution < 1.29 is 26.3 Å². The molecular weight excluding hydrogens is 377 g/mol. The van der Waals surface area contributed by atoms with E-state index in [2.05, 4.69) is 19.4 Å². The number of anilines is 1. The lowest BCUT2D eigenvalue weighted by atomic mass is 10.2. The molecule has 0 spiro atoms. The third-order valence-corrected chi connectivity index (χ3v) is 4.55. The summed E-state index contributed by atoms with van der Waals surface area (Å²) in [5, 5.41) is -0.485. The number of para-hydroxylation sites is 1. The van der Waals surface area contributed by atoms with Crippen LogP contribution in [0.2, 0.25) is 0 Å². The van der Waals surface area contributed by atoms with E-state index in [1.807, 2.05) is 0 Å². The minimum atomic E-state index is -4.94. The quantitative estimate of drug-likeness (QED) is 0.711. The molecule has 0 fully saturated rings. The molecular formula is C14H11F3N4O4S. The SMILES string of the molecule is Cn1cnc(S(=O)(=O)Nc2c[nH]c3c(OC(F)(F)F)cccc3c2=O)c1. The number of hydrogen-bond acceptors (Lipinski definition) is 5. The molecule has 26 heavy (non-hydrogen) atoms. The van der Waals surface area contributed by atoms with E-state index in [9.17, 15) is 26.4 Å². The van der Waals surface area contributed by atoms with Crippen LogP contribution < -0.4 is 14.9 Å². The predicted molar refractivity (Wildman–Crippen MR) is 85.3 cm³/mol. The second kappa shape index (κ2) is 6.05. The number of hydrogen-bond donors (Lipinski definition) is 2. The Morgan fingerprint density at radius 1 is 1.31 bits per heavy atom. The molecule has 2 heterocycles. The Balaban J connectivity index is 2.04. The molecule has 3 aromatic rings. The Kier molecular flexibility index (Phi) is 4.14. The first-order chi connectivity index (χ1) is 12.1. The molecule has 0 aliphatic carbocycles.